The molecular weight excluding hydrogens is 302 g/mol. The van der Waals surface area contributed by atoms with Gasteiger partial charge in [0.25, 0.3) is 5.91 Å². The van der Waals surface area contributed by atoms with E-state index in [2.05, 4.69) is 5.32 Å². The van der Waals surface area contributed by atoms with E-state index in [9.17, 15) is 9.59 Å². The first-order valence-corrected chi connectivity index (χ1v) is 10.0. The molecule has 1 amide bonds. The van der Waals surface area contributed by atoms with Crippen molar-refractivity contribution in [2.75, 3.05) is 0 Å². The molecule has 0 saturated heterocycles. The van der Waals surface area contributed by atoms with E-state index in [0.717, 1.165) is 30.6 Å². The highest BCUT2D eigenvalue weighted by Gasteiger charge is 2.51. The van der Waals surface area contributed by atoms with E-state index in [4.69, 9.17) is 4.74 Å². The molecule has 5 rings (SSSR count). The molecule has 0 spiro atoms. The molecule has 0 heterocycles. The van der Waals surface area contributed by atoms with Crippen LogP contribution in [0.2, 0.25) is 0 Å². The van der Waals surface area contributed by atoms with E-state index in [1.54, 1.807) is 6.92 Å². The summed E-state index contributed by atoms with van der Waals surface area (Å²) >= 11 is 0. The average Bonchev–Trinajstić information content (AvgIpc) is 2.97. The van der Waals surface area contributed by atoms with Gasteiger partial charge in [-0.2, -0.15) is 0 Å². The first-order chi connectivity index (χ1) is 11.5. The molecule has 1 atom stereocenters. The molecule has 5 aliphatic carbocycles. The predicted molar refractivity (Wildman–Crippen MR) is 91.2 cm³/mol. The molecule has 5 aliphatic rings. The van der Waals surface area contributed by atoms with Crippen LogP contribution in [0.15, 0.2) is 0 Å². The maximum Gasteiger partial charge on any atom is 0.307 e. The van der Waals surface area contributed by atoms with Crippen molar-refractivity contribution in [2.45, 2.75) is 89.7 Å². The van der Waals surface area contributed by atoms with Gasteiger partial charge in [-0.3, -0.25) is 9.59 Å². The van der Waals surface area contributed by atoms with Crippen LogP contribution in [0, 0.1) is 23.2 Å². The Morgan fingerprint density at radius 3 is 2.12 bits per heavy atom. The topological polar surface area (TPSA) is 55.4 Å². The second-order valence-electron chi connectivity index (χ2n) is 9.22. The largest absolute Gasteiger partial charge is 0.453 e. The number of hydrogen-bond acceptors (Lipinski definition) is 3. The van der Waals surface area contributed by atoms with Crippen LogP contribution < -0.4 is 5.32 Å². The lowest BCUT2D eigenvalue weighted by molar-refractivity contribution is -0.161. The van der Waals surface area contributed by atoms with E-state index in [-0.39, 0.29) is 23.3 Å². The zero-order valence-electron chi connectivity index (χ0n) is 14.9. The van der Waals surface area contributed by atoms with Gasteiger partial charge in [-0.05, 0) is 81.5 Å². The monoisotopic (exact) mass is 333 g/mol. The predicted octanol–water partition coefficient (Wildman–Crippen LogP) is 3.58. The Hall–Kier alpha value is -1.06. The minimum atomic E-state index is -0.660. The van der Waals surface area contributed by atoms with Gasteiger partial charge in [0.15, 0.2) is 6.10 Å². The first-order valence-electron chi connectivity index (χ1n) is 10.0. The molecule has 4 bridgehead atoms. The summed E-state index contributed by atoms with van der Waals surface area (Å²) in [4.78, 5) is 24.7. The molecule has 0 aromatic heterocycles. The highest BCUT2D eigenvalue weighted by molar-refractivity contribution is 5.83. The summed E-state index contributed by atoms with van der Waals surface area (Å²) in [6, 6.07) is 0.279. The van der Waals surface area contributed by atoms with Gasteiger partial charge in [-0.15, -0.1) is 0 Å². The number of carbonyl (C=O) groups is 2. The standard InChI is InChI=1S/C20H31NO3/c1-13(19(23)21-17-4-2-3-5-17)24-18(22)12-20-9-14-6-15(10-20)8-16(7-14)11-20/h13-17H,2-12H2,1H3,(H,21,23)/t13-,14?,15?,16?,20?/m0/s1. The van der Waals surface area contributed by atoms with Gasteiger partial charge in [0, 0.05) is 6.04 Å². The molecule has 0 unspecified atom stereocenters. The van der Waals surface area contributed by atoms with Crippen LogP contribution in [0.3, 0.4) is 0 Å². The maximum atomic E-state index is 12.5. The van der Waals surface area contributed by atoms with Crippen molar-refractivity contribution in [2.24, 2.45) is 23.2 Å². The smallest absolute Gasteiger partial charge is 0.307 e. The maximum absolute atomic E-state index is 12.5. The molecule has 0 aliphatic heterocycles. The lowest BCUT2D eigenvalue weighted by Gasteiger charge is -2.56. The summed E-state index contributed by atoms with van der Waals surface area (Å²) in [6.07, 6.45) is 12.1. The van der Waals surface area contributed by atoms with Gasteiger partial charge >= 0.3 is 5.97 Å². The van der Waals surface area contributed by atoms with E-state index >= 15 is 0 Å². The van der Waals surface area contributed by atoms with Gasteiger partial charge in [0.1, 0.15) is 0 Å². The molecule has 0 radical (unpaired) electrons. The number of hydrogen-bond donors (Lipinski definition) is 1. The van der Waals surface area contributed by atoms with E-state index < -0.39 is 6.10 Å². The van der Waals surface area contributed by atoms with Crippen molar-refractivity contribution >= 4 is 11.9 Å². The van der Waals surface area contributed by atoms with Gasteiger partial charge < -0.3 is 10.1 Å². The van der Waals surface area contributed by atoms with Crippen LogP contribution in [0.4, 0.5) is 0 Å². The van der Waals surface area contributed by atoms with E-state index in [1.165, 1.54) is 51.4 Å². The van der Waals surface area contributed by atoms with Crippen LogP contribution in [0.25, 0.3) is 0 Å². The Kier molecular flexibility index (Phi) is 4.34. The van der Waals surface area contributed by atoms with Gasteiger partial charge in [0.2, 0.25) is 0 Å². The van der Waals surface area contributed by atoms with Crippen molar-refractivity contribution < 1.29 is 14.3 Å². The fourth-order valence-electron chi connectivity index (χ4n) is 6.49. The Morgan fingerprint density at radius 1 is 1.04 bits per heavy atom. The number of rotatable bonds is 5. The zero-order chi connectivity index (χ0) is 16.7. The highest BCUT2D eigenvalue weighted by Crippen LogP contribution is 2.61. The molecule has 24 heavy (non-hydrogen) atoms. The third-order valence-corrected chi connectivity index (χ3v) is 7.06. The van der Waals surface area contributed by atoms with Crippen molar-refractivity contribution in [3.63, 3.8) is 0 Å². The summed E-state index contributed by atoms with van der Waals surface area (Å²) < 4.78 is 5.51. The molecular formula is C20H31NO3. The molecule has 5 saturated carbocycles. The minimum Gasteiger partial charge on any atom is -0.453 e. The molecule has 0 aromatic carbocycles. The van der Waals surface area contributed by atoms with Crippen molar-refractivity contribution in [1.29, 1.82) is 0 Å². The van der Waals surface area contributed by atoms with Crippen LogP contribution in [-0.2, 0) is 14.3 Å². The van der Waals surface area contributed by atoms with Crippen molar-refractivity contribution in [1.82, 2.24) is 5.32 Å². The first kappa shape index (κ1) is 16.4. The molecule has 0 aromatic rings. The quantitative estimate of drug-likeness (QED) is 0.782. The number of carbonyl (C=O) groups excluding carboxylic acids is 2. The Balaban J connectivity index is 1.29. The Labute approximate surface area is 145 Å². The fourth-order valence-corrected chi connectivity index (χ4v) is 6.49. The Bertz CT molecular complexity index is 474. The molecule has 134 valence electrons. The summed E-state index contributed by atoms with van der Waals surface area (Å²) in [5, 5.41) is 3.03. The van der Waals surface area contributed by atoms with Crippen LogP contribution >= 0.6 is 0 Å². The molecule has 5 fully saturated rings. The lowest BCUT2D eigenvalue weighted by Crippen LogP contribution is -2.47. The van der Waals surface area contributed by atoms with Crippen LogP contribution in [-0.4, -0.2) is 24.0 Å². The van der Waals surface area contributed by atoms with E-state index in [0.29, 0.717) is 6.42 Å². The summed E-state index contributed by atoms with van der Waals surface area (Å²) in [5.41, 5.74) is 0.188. The number of nitrogens with one attached hydrogen (secondary N) is 1. The van der Waals surface area contributed by atoms with Crippen molar-refractivity contribution in [3.8, 4) is 0 Å². The molecule has 1 N–H and O–H groups in total. The number of ether oxygens (including phenoxy) is 1. The highest BCUT2D eigenvalue weighted by atomic mass is 16.5. The van der Waals surface area contributed by atoms with Gasteiger partial charge in [-0.1, -0.05) is 12.8 Å². The summed E-state index contributed by atoms with van der Waals surface area (Å²) in [5.74, 6) is 2.23. The van der Waals surface area contributed by atoms with Gasteiger partial charge in [-0.25, -0.2) is 0 Å². The minimum absolute atomic E-state index is 0.124. The third-order valence-electron chi connectivity index (χ3n) is 7.06. The fraction of sp³-hybridized carbons (Fsp3) is 0.900. The van der Waals surface area contributed by atoms with Crippen LogP contribution in [0.1, 0.15) is 77.6 Å². The van der Waals surface area contributed by atoms with Gasteiger partial charge in [0.05, 0.1) is 6.42 Å². The lowest BCUT2D eigenvalue weighted by atomic mass is 9.49. The van der Waals surface area contributed by atoms with Crippen molar-refractivity contribution in [3.05, 3.63) is 0 Å². The average molecular weight is 333 g/mol. The second-order valence-corrected chi connectivity index (χ2v) is 9.22. The summed E-state index contributed by atoms with van der Waals surface area (Å²) in [7, 11) is 0. The number of amides is 1. The molecule has 4 heteroatoms. The zero-order valence-corrected chi connectivity index (χ0v) is 14.9. The number of esters is 1. The third kappa shape index (κ3) is 3.34. The summed E-state index contributed by atoms with van der Waals surface area (Å²) in [6.45, 7) is 1.71. The second kappa shape index (κ2) is 6.34. The SMILES string of the molecule is C[C@H](OC(=O)CC12CC3CC(CC(C3)C1)C2)C(=O)NC1CCCC1. The normalized spacial score (nSPS) is 39.0. The molecule has 4 nitrogen and oxygen atoms in total. The Morgan fingerprint density at radius 2 is 1.58 bits per heavy atom. The van der Waals surface area contributed by atoms with Crippen LogP contribution in [0.5, 0.6) is 0 Å². The van der Waals surface area contributed by atoms with E-state index in [1.807, 2.05) is 0 Å².